The van der Waals surface area contributed by atoms with Gasteiger partial charge in [0.05, 0.1) is 17.9 Å². The summed E-state index contributed by atoms with van der Waals surface area (Å²) in [6.45, 7) is 5.99. The van der Waals surface area contributed by atoms with E-state index in [1.54, 1.807) is 10.9 Å². The molecule has 1 aliphatic carbocycles. The van der Waals surface area contributed by atoms with E-state index in [9.17, 15) is 9.59 Å². The molecule has 0 aromatic carbocycles. The van der Waals surface area contributed by atoms with E-state index in [1.807, 2.05) is 23.0 Å². The molecule has 3 fully saturated rings. The molecular weight excluding hydrogens is 342 g/mol. The second-order valence-electron chi connectivity index (χ2n) is 8.34. The van der Waals surface area contributed by atoms with Crippen LogP contribution in [0.5, 0.6) is 0 Å². The van der Waals surface area contributed by atoms with Gasteiger partial charge >= 0.3 is 0 Å². The Kier molecular flexibility index (Phi) is 4.97. The number of hydrogen-bond donors (Lipinski definition) is 0. The Morgan fingerprint density at radius 2 is 1.93 bits per heavy atom. The normalized spacial score (nSPS) is 26.1. The fourth-order valence-electron chi connectivity index (χ4n) is 4.89. The Labute approximate surface area is 161 Å². The first kappa shape index (κ1) is 18.5. The molecule has 3 heterocycles. The van der Waals surface area contributed by atoms with Crippen LogP contribution in [0.2, 0.25) is 0 Å². The first-order chi connectivity index (χ1) is 13.0. The maximum absolute atomic E-state index is 13.1. The molecule has 7 nitrogen and oxygen atoms in total. The lowest BCUT2D eigenvalue weighted by molar-refractivity contribution is -0.150. The largest absolute Gasteiger partial charge is 0.340 e. The predicted octanol–water partition coefficient (Wildman–Crippen LogP) is 1.64. The molecule has 0 bridgehead atoms. The highest BCUT2D eigenvalue weighted by molar-refractivity contribution is 5.97. The lowest BCUT2D eigenvalue weighted by Gasteiger charge is -2.47. The lowest BCUT2D eigenvalue weighted by Crippen LogP contribution is -2.60. The number of piperazine rings is 1. The van der Waals surface area contributed by atoms with Crippen LogP contribution in [-0.2, 0) is 16.6 Å². The fraction of sp³-hybridized carbons (Fsp3) is 0.750. The summed E-state index contributed by atoms with van der Waals surface area (Å²) in [5.41, 5.74) is 0.802. The third kappa shape index (κ3) is 3.26. The van der Waals surface area contributed by atoms with Crippen LogP contribution in [0.15, 0.2) is 12.4 Å². The monoisotopic (exact) mass is 373 g/mol. The van der Waals surface area contributed by atoms with Gasteiger partial charge in [0, 0.05) is 51.4 Å². The summed E-state index contributed by atoms with van der Waals surface area (Å²) in [5, 5.41) is 4.20. The molecule has 2 amide bonds. The molecule has 27 heavy (non-hydrogen) atoms. The van der Waals surface area contributed by atoms with Crippen molar-refractivity contribution in [2.75, 3.05) is 37.6 Å². The van der Waals surface area contributed by atoms with Gasteiger partial charge in [-0.25, -0.2) is 0 Å². The van der Waals surface area contributed by atoms with E-state index >= 15 is 0 Å². The average Bonchev–Trinajstić information content (AvgIpc) is 3.08. The van der Waals surface area contributed by atoms with Crippen molar-refractivity contribution >= 4 is 17.5 Å². The molecule has 1 saturated carbocycles. The Bertz CT molecular complexity index is 697. The van der Waals surface area contributed by atoms with Crippen molar-refractivity contribution in [2.45, 2.75) is 51.5 Å². The molecule has 7 heteroatoms. The summed E-state index contributed by atoms with van der Waals surface area (Å²) in [6, 6.07) is -0.0694. The fourth-order valence-corrected chi connectivity index (χ4v) is 4.89. The van der Waals surface area contributed by atoms with Crippen LogP contribution >= 0.6 is 0 Å². The van der Waals surface area contributed by atoms with Crippen molar-refractivity contribution < 1.29 is 9.59 Å². The molecule has 0 radical (unpaired) electrons. The van der Waals surface area contributed by atoms with Gasteiger partial charge in [0.1, 0.15) is 0 Å². The van der Waals surface area contributed by atoms with Crippen LogP contribution in [0.4, 0.5) is 5.69 Å². The number of anilines is 1. The van der Waals surface area contributed by atoms with E-state index in [4.69, 9.17) is 0 Å². The number of carbonyl (C=O) groups is 2. The van der Waals surface area contributed by atoms with Gasteiger partial charge in [0.25, 0.3) is 0 Å². The molecule has 1 atom stereocenters. The molecule has 0 unspecified atom stereocenters. The van der Waals surface area contributed by atoms with Gasteiger partial charge in [-0.1, -0.05) is 13.3 Å². The SMILES string of the molecule is CCC1(C(=O)N2CCN([C@@H]3CCCN(c4cnn(C)c4)C3=O)CC2)CCC1. The standard InChI is InChI=1S/C20H31N5O2/c1-3-20(7-5-8-20)19(27)24-12-10-23(11-13-24)17-6-4-9-25(18(17)26)16-14-21-22(2)15-16/h14-15,17H,3-13H2,1-2H3/t17-/m1/s1. The third-order valence-electron chi connectivity index (χ3n) is 6.90. The smallest absolute Gasteiger partial charge is 0.244 e. The molecule has 2 saturated heterocycles. The summed E-state index contributed by atoms with van der Waals surface area (Å²) in [6.07, 6.45) is 9.80. The van der Waals surface area contributed by atoms with E-state index in [0.717, 1.165) is 70.5 Å². The van der Waals surface area contributed by atoms with Gasteiger partial charge in [0.15, 0.2) is 0 Å². The van der Waals surface area contributed by atoms with Gasteiger partial charge in [0.2, 0.25) is 11.8 Å². The average molecular weight is 374 g/mol. The summed E-state index contributed by atoms with van der Waals surface area (Å²) < 4.78 is 1.74. The highest BCUT2D eigenvalue weighted by Gasteiger charge is 2.45. The lowest BCUT2D eigenvalue weighted by atomic mass is 9.66. The maximum Gasteiger partial charge on any atom is 0.244 e. The van der Waals surface area contributed by atoms with Crippen LogP contribution in [0, 0.1) is 5.41 Å². The number of hydrogen-bond acceptors (Lipinski definition) is 4. The summed E-state index contributed by atoms with van der Waals surface area (Å²) >= 11 is 0. The molecule has 148 valence electrons. The number of carbonyl (C=O) groups excluding carboxylic acids is 2. The van der Waals surface area contributed by atoms with E-state index in [1.165, 1.54) is 6.42 Å². The van der Waals surface area contributed by atoms with Crippen molar-refractivity contribution in [1.82, 2.24) is 19.6 Å². The second kappa shape index (κ2) is 7.26. The van der Waals surface area contributed by atoms with Crippen molar-refractivity contribution in [3.8, 4) is 0 Å². The first-order valence-electron chi connectivity index (χ1n) is 10.4. The number of aromatic nitrogens is 2. The Morgan fingerprint density at radius 1 is 1.19 bits per heavy atom. The van der Waals surface area contributed by atoms with Crippen LogP contribution in [0.3, 0.4) is 0 Å². The van der Waals surface area contributed by atoms with Crippen LogP contribution < -0.4 is 4.90 Å². The summed E-state index contributed by atoms with van der Waals surface area (Å²) in [4.78, 5) is 32.2. The minimum absolute atomic E-state index is 0.0694. The number of nitrogens with zero attached hydrogens (tertiary/aromatic N) is 5. The molecule has 1 aromatic rings. The zero-order chi connectivity index (χ0) is 19.0. The predicted molar refractivity (Wildman–Crippen MR) is 103 cm³/mol. The molecule has 4 rings (SSSR count). The minimum atomic E-state index is -0.0834. The van der Waals surface area contributed by atoms with Crippen molar-refractivity contribution in [2.24, 2.45) is 12.5 Å². The number of aryl methyl sites for hydroxylation is 1. The molecule has 0 N–H and O–H groups in total. The second-order valence-corrected chi connectivity index (χ2v) is 8.34. The van der Waals surface area contributed by atoms with E-state index in [2.05, 4.69) is 16.9 Å². The van der Waals surface area contributed by atoms with Gasteiger partial charge in [-0.3, -0.25) is 19.2 Å². The minimum Gasteiger partial charge on any atom is -0.340 e. The van der Waals surface area contributed by atoms with E-state index in [-0.39, 0.29) is 17.4 Å². The maximum atomic E-state index is 13.1. The molecule has 2 aliphatic heterocycles. The summed E-state index contributed by atoms with van der Waals surface area (Å²) in [7, 11) is 1.87. The van der Waals surface area contributed by atoms with E-state index < -0.39 is 0 Å². The highest BCUT2D eigenvalue weighted by atomic mass is 16.2. The topological polar surface area (TPSA) is 61.7 Å². The van der Waals surface area contributed by atoms with Crippen molar-refractivity contribution in [3.63, 3.8) is 0 Å². The third-order valence-corrected chi connectivity index (χ3v) is 6.90. The Balaban J connectivity index is 1.37. The van der Waals surface area contributed by atoms with Gasteiger partial charge < -0.3 is 9.80 Å². The zero-order valence-electron chi connectivity index (χ0n) is 16.6. The van der Waals surface area contributed by atoms with Gasteiger partial charge in [-0.15, -0.1) is 0 Å². The van der Waals surface area contributed by atoms with Gasteiger partial charge in [-0.05, 0) is 32.1 Å². The quantitative estimate of drug-likeness (QED) is 0.805. The van der Waals surface area contributed by atoms with E-state index in [0.29, 0.717) is 5.91 Å². The van der Waals surface area contributed by atoms with Crippen molar-refractivity contribution in [1.29, 1.82) is 0 Å². The first-order valence-corrected chi connectivity index (χ1v) is 10.4. The number of rotatable bonds is 4. The number of amides is 2. The molecule has 1 aromatic heterocycles. The van der Waals surface area contributed by atoms with Crippen molar-refractivity contribution in [3.05, 3.63) is 12.4 Å². The van der Waals surface area contributed by atoms with Gasteiger partial charge in [-0.2, -0.15) is 5.10 Å². The van der Waals surface area contributed by atoms with Crippen LogP contribution in [-0.4, -0.2) is 70.2 Å². The van der Waals surface area contributed by atoms with Crippen LogP contribution in [0.25, 0.3) is 0 Å². The number of piperidine rings is 1. The zero-order valence-corrected chi connectivity index (χ0v) is 16.6. The molecular formula is C20H31N5O2. The highest BCUT2D eigenvalue weighted by Crippen LogP contribution is 2.45. The van der Waals surface area contributed by atoms with Crippen LogP contribution in [0.1, 0.15) is 45.4 Å². The summed E-state index contributed by atoms with van der Waals surface area (Å²) in [5.74, 6) is 0.529. The molecule has 3 aliphatic rings. The Morgan fingerprint density at radius 3 is 2.48 bits per heavy atom. The Hall–Kier alpha value is -1.89. The molecule has 0 spiro atoms.